The maximum atomic E-state index is 6.57. The fraction of sp³-hybridized carbons (Fsp3) is 0.632. The van der Waals surface area contributed by atoms with Crippen LogP contribution in [0.4, 0.5) is 0 Å². The Bertz CT molecular complexity index is 1220. The highest BCUT2D eigenvalue weighted by molar-refractivity contribution is 5.78. The topological polar surface area (TPSA) is 9.23 Å². The summed E-state index contributed by atoms with van der Waals surface area (Å²) in [5, 5.41) is 0. The van der Waals surface area contributed by atoms with Gasteiger partial charge in [0.1, 0.15) is 11.9 Å². The molecule has 3 fully saturated rings. The van der Waals surface area contributed by atoms with E-state index in [1.54, 1.807) is 11.1 Å². The van der Waals surface area contributed by atoms with E-state index < -0.39 is 0 Å². The van der Waals surface area contributed by atoms with E-state index in [-0.39, 0.29) is 6.10 Å². The first-order valence-electron chi connectivity index (χ1n) is 16.9. The third-order valence-corrected chi connectivity index (χ3v) is 12.2. The maximum Gasteiger partial charge on any atom is 0.124 e. The smallest absolute Gasteiger partial charge is 0.124 e. The molecule has 7 aliphatic rings. The van der Waals surface area contributed by atoms with Gasteiger partial charge in [-0.2, -0.15) is 0 Å². The van der Waals surface area contributed by atoms with Crippen LogP contribution in [0.3, 0.4) is 0 Å². The number of hydrogen-bond acceptors (Lipinski definition) is 1. The fourth-order valence-electron chi connectivity index (χ4n) is 10.4. The van der Waals surface area contributed by atoms with E-state index in [1.165, 1.54) is 126 Å². The largest absolute Gasteiger partial charge is 0.485 e. The van der Waals surface area contributed by atoms with Crippen LogP contribution in [0.2, 0.25) is 0 Å². The highest BCUT2D eigenvalue weighted by Crippen LogP contribution is 2.57. The molecule has 6 aliphatic carbocycles. The summed E-state index contributed by atoms with van der Waals surface area (Å²) >= 11 is 0. The molecule has 1 heterocycles. The van der Waals surface area contributed by atoms with Gasteiger partial charge in [0.2, 0.25) is 0 Å². The Kier molecular flexibility index (Phi) is 6.62. The van der Waals surface area contributed by atoms with Crippen molar-refractivity contribution in [1.29, 1.82) is 0 Å². The van der Waals surface area contributed by atoms with E-state index in [0.29, 0.717) is 5.92 Å². The van der Waals surface area contributed by atoms with E-state index in [9.17, 15) is 0 Å². The minimum Gasteiger partial charge on any atom is -0.485 e. The average Bonchev–Trinajstić information content (AvgIpc) is 3.38. The van der Waals surface area contributed by atoms with Crippen LogP contribution >= 0.6 is 0 Å². The Morgan fingerprint density at radius 1 is 0.641 bits per heavy atom. The maximum absolute atomic E-state index is 6.57. The van der Waals surface area contributed by atoms with Crippen molar-refractivity contribution in [3.05, 3.63) is 70.3 Å². The van der Waals surface area contributed by atoms with E-state index in [2.05, 4.69) is 42.5 Å². The lowest BCUT2D eigenvalue weighted by Crippen LogP contribution is -2.34. The first-order chi connectivity index (χ1) is 19.3. The molecule has 5 unspecified atom stereocenters. The molecule has 1 aliphatic heterocycles. The van der Waals surface area contributed by atoms with Crippen molar-refractivity contribution in [3.8, 4) is 5.75 Å². The third-order valence-electron chi connectivity index (χ3n) is 12.2. The van der Waals surface area contributed by atoms with E-state index in [1.807, 2.05) is 11.1 Å². The Hall–Kier alpha value is -2.02. The molecule has 1 aromatic carbocycles. The van der Waals surface area contributed by atoms with Crippen LogP contribution in [-0.4, -0.2) is 6.10 Å². The van der Waals surface area contributed by atoms with Gasteiger partial charge in [0.15, 0.2) is 0 Å². The van der Waals surface area contributed by atoms with Crippen LogP contribution in [0, 0.1) is 29.6 Å². The van der Waals surface area contributed by atoms with Crippen LogP contribution in [0.1, 0.15) is 126 Å². The Balaban J connectivity index is 1.14. The van der Waals surface area contributed by atoms with Crippen LogP contribution in [-0.2, 0) is 0 Å². The molecule has 0 spiro atoms. The number of ether oxygens (including phenoxy) is 1. The van der Waals surface area contributed by atoms with Gasteiger partial charge in [-0.1, -0.05) is 48.8 Å². The van der Waals surface area contributed by atoms with Gasteiger partial charge in [-0.3, -0.25) is 0 Å². The van der Waals surface area contributed by atoms with Gasteiger partial charge < -0.3 is 4.74 Å². The highest BCUT2D eigenvalue weighted by Gasteiger charge is 2.43. The van der Waals surface area contributed by atoms with Gasteiger partial charge in [-0.25, -0.2) is 0 Å². The van der Waals surface area contributed by atoms with Crippen molar-refractivity contribution >= 4 is 5.57 Å². The zero-order valence-electron chi connectivity index (χ0n) is 24.0. The van der Waals surface area contributed by atoms with Gasteiger partial charge in [0, 0.05) is 11.5 Å². The minimum absolute atomic E-state index is 0.270. The van der Waals surface area contributed by atoms with Crippen molar-refractivity contribution in [2.45, 2.75) is 121 Å². The molecule has 206 valence electrons. The second-order valence-electron chi connectivity index (χ2n) is 14.1. The second kappa shape index (κ2) is 10.4. The predicted octanol–water partition coefficient (Wildman–Crippen LogP) is 10.5. The number of allylic oxidation sites excluding steroid dienone is 7. The Morgan fingerprint density at radius 2 is 1.46 bits per heavy atom. The van der Waals surface area contributed by atoms with E-state index >= 15 is 0 Å². The van der Waals surface area contributed by atoms with Gasteiger partial charge in [0.25, 0.3) is 0 Å². The zero-order valence-corrected chi connectivity index (χ0v) is 24.0. The molecular weight excluding hydrogens is 472 g/mol. The molecule has 0 amide bonds. The van der Waals surface area contributed by atoms with Crippen molar-refractivity contribution in [2.24, 2.45) is 29.6 Å². The van der Waals surface area contributed by atoms with Gasteiger partial charge in [-0.05, 0) is 160 Å². The molecule has 1 nitrogen and oxygen atoms in total. The number of fused-ring (bicyclic) bond motifs is 5. The third kappa shape index (κ3) is 4.33. The molecule has 1 heteroatoms. The molecule has 1 aromatic rings. The fourth-order valence-corrected chi connectivity index (χ4v) is 10.4. The summed E-state index contributed by atoms with van der Waals surface area (Å²) in [4.78, 5) is 0. The summed E-state index contributed by atoms with van der Waals surface area (Å²) in [5.74, 6) is 6.15. The van der Waals surface area contributed by atoms with Crippen molar-refractivity contribution in [3.63, 3.8) is 0 Å². The van der Waals surface area contributed by atoms with Crippen LogP contribution < -0.4 is 4.74 Å². The normalized spacial score (nSPS) is 37.6. The molecular formula is C38H48O. The molecule has 0 radical (unpaired) electrons. The first-order valence-corrected chi connectivity index (χ1v) is 16.9. The monoisotopic (exact) mass is 520 g/mol. The Labute approximate surface area is 236 Å². The van der Waals surface area contributed by atoms with Crippen LogP contribution in [0.15, 0.2) is 59.2 Å². The summed E-state index contributed by atoms with van der Waals surface area (Å²) < 4.78 is 6.57. The first kappa shape index (κ1) is 24.8. The summed E-state index contributed by atoms with van der Waals surface area (Å²) in [6.45, 7) is 0. The lowest BCUT2D eigenvalue weighted by molar-refractivity contribution is 0.191. The van der Waals surface area contributed by atoms with Crippen LogP contribution in [0.25, 0.3) is 5.57 Å². The van der Waals surface area contributed by atoms with Crippen molar-refractivity contribution < 1.29 is 4.74 Å². The predicted molar refractivity (Wildman–Crippen MR) is 162 cm³/mol. The molecule has 0 bridgehead atoms. The summed E-state index contributed by atoms with van der Waals surface area (Å²) in [7, 11) is 0. The summed E-state index contributed by atoms with van der Waals surface area (Å²) in [6.07, 6.45) is 33.4. The molecule has 0 aromatic heterocycles. The minimum atomic E-state index is 0.270. The number of rotatable bonds is 3. The molecule has 5 atom stereocenters. The molecule has 0 N–H and O–H groups in total. The average molecular weight is 521 g/mol. The van der Waals surface area contributed by atoms with Crippen LogP contribution in [0.5, 0.6) is 5.75 Å². The molecule has 0 saturated heterocycles. The summed E-state index contributed by atoms with van der Waals surface area (Å²) in [5.41, 5.74) is 10.4. The van der Waals surface area contributed by atoms with E-state index in [4.69, 9.17) is 4.74 Å². The highest BCUT2D eigenvalue weighted by atomic mass is 16.5. The van der Waals surface area contributed by atoms with Crippen molar-refractivity contribution in [2.75, 3.05) is 0 Å². The molecule has 3 saturated carbocycles. The zero-order chi connectivity index (χ0) is 25.8. The number of hydrogen-bond donors (Lipinski definition) is 0. The SMILES string of the molecule is C1=CCC(C2CCC(C3=C4CCCCC4=C(c4ccc5c(c4)OC4C=CCCC54)C4CCCCC34)CC2)CC1. The summed E-state index contributed by atoms with van der Waals surface area (Å²) in [6, 6.07) is 7.46. The standard InChI is InChI=1S/C38H48O/c1-2-10-25(11-3-1)26-18-20-27(21-19-26)37-31-13-4-6-15-33(31)38(34-16-7-5-14-32(34)37)28-22-23-30-29-12-8-9-17-35(29)39-36(30)24-28/h1-2,9,17,22-27,29,31,33,35H,3-8,10-16,18-21H2. The molecule has 8 rings (SSSR count). The van der Waals surface area contributed by atoms with Crippen molar-refractivity contribution in [1.82, 2.24) is 0 Å². The van der Waals surface area contributed by atoms with Gasteiger partial charge >= 0.3 is 0 Å². The second-order valence-corrected chi connectivity index (χ2v) is 14.1. The lowest BCUT2D eigenvalue weighted by Gasteiger charge is -2.47. The number of benzene rings is 1. The molecule has 39 heavy (non-hydrogen) atoms. The Morgan fingerprint density at radius 3 is 2.31 bits per heavy atom. The van der Waals surface area contributed by atoms with E-state index in [0.717, 1.165) is 29.6 Å². The van der Waals surface area contributed by atoms with Gasteiger partial charge in [0.05, 0.1) is 0 Å². The quantitative estimate of drug-likeness (QED) is 0.360. The lowest BCUT2D eigenvalue weighted by atomic mass is 9.57. The van der Waals surface area contributed by atoms with Gasteiger partial charge in [-0.15, -0.1) is 0 Å².